The normalized spacial score (nSPS) is 20.3. The van der Waals surface area contributed by atoms with E-state index < -0.39 is 5.60 Å². The number of carbonyl (C=O) groups excluding carboxylic acids is 1. The Labute approximate surface area is 104 Å². The van der Waals surface area contributed by atoms with Crippen molar-refractivity contribution in [1.29, 1.82) is 0 Å². The van der Waals surface area contributed by atoms with Crippen LogP contribution in [0.25, 0.3) is 0 Å². The van der Waals surface area contributed by atoms with Crippen molar-refractivity contribution in [2.45, 2.75) is 77.0 Å². The Hall–Kier alpha value is -0.770. The summed E-state index contributed by atoms with van der Waals surface area (Å²) in [7, 11) is 0. The molecular formula is C13H26N2O2. The second-order valence-electron chi connectivity index (χ2n) is 6.28. The lowest BCUT2D eigenvalue weighted by atomic mass is 9.73. The molecule has 3 N–H and O–H groups in total. The molecule has 100 valence electrons. The number of ether oxygens (including phenoxy) is 1. The average molecular weight is 242 g/mol. The number of nitrogens with one attached hydrogen (secondary N) is 1. The third-order valence-electron chi connectivity index (χ3n) is 3.16. The largest absolute Gasteiger partial charge is 0.444 e. The first-order valence-electron chi connectivity index (χ1n) is 6.49. The van der Waals surface area contributed by atoms with E-state index in [1.165, 1.54) is 6.42 Å². The fourth-order valence-corrected chi connectivity index (χ4v) is 2.07. The van der Waals surface area contributed by atoms with Crippen LogP contribution in [0.5, 0.6) is 0 Å². The Kier molecular flexibility index (Phi) is 4.42. The van der Waals surface area contributed by atoms with Crippen LogP contribution in [-0.4, -0.2) is 23.3 Å². The molecule has 0 aliphatic heterocycles. The Morgan fingerprint density at radius 2 is 2.06 bits per heavy atom. The molecule has 0 unspecified atom stereocenters. The van der Waals surface area contributed by atoms with E-state index in [0.29, 0.717) is 0 Å². The first-order valence-corrected chi connectivity index (χ1v) is 6.49. The van der Waals surface area contributed by atoms with Crippen molar-refractivity contribution >= 4 is 6.09 Å². The number of hydrogen-bond donors (Lipinski definition) is 2. The third-order valence-corrected chi connectivity index (χ3v) is 3.16. The summed E-state index contributed by atoms with van der Waals surface area (Å²) >= 11 is 0. The molecule has 17 heavy (non-hydrogen) atoms. The highest BCUT2D eigenvalue weighted by Crippen LogP contribution is 2.36. The quantitative estimate of drug-likeness (QED) is 0.796. The molecule has 1 atom stereocenters. The van der Waals surface area contributed by atoms with Gasteiger partial charge in [0.2, 0.25) is 0 Å². The zero-order chi connectivity index (χ0) is 13.1. The molecule has 4 nitrogen and oxygen atoms in total. The molecule has 1 fully saturated rings. The molecular weight excluding hydrogens is 216 g/mol. The van der Waals surface area contributed by atoms with Crippen molar-refractivity contribution in [3.8, 4) is 0 Å². The van der Waals surface area contributed by atoms with Crippen LogP contribution in [-0.2, 0) is 4.74 Å². The summed E-state index contributed by atoms with van der Waals surface area (Å²) < 4.78 is 5.29. The summed E-state index contributed by atoms with van der Waals surface area (Å²) in [6.45, 7) is 7.63. The summed E-state index contributed by atoms with van der Waals surface area (Å²) in [6, 6.07) is 0.188. The maximum absolute atomic E-state index is 11.7. The molecule has 0 aromatic rings. The summed E-state index contributed by atoms with van der Waals surface area (Å²) in [4.78, 5) is 11.7. The molecule has 1 aliphatic carbocycles. The first-order chi connectivity index (χ1) is 7.72. The smallest absolute Gasteiger partial charge is 0.408 e. The SMILES string of the molecule is C[C@@H](N)CCC1(NC(=O)OC(C)(C)C)CCC1. The monoisotopic (exact) mass is 242 g/mol. The maximum atomic E-state index is 11.7. The van der Waals surface area contributed by atoms with Gasteiger partial charge in [0.15, 0.2) is 0 Å². The van der Waals surface area contributed by atoms with E-state index >= 15 is 0 Å². The van der Waals surface area contributed by atoms with Crippen molar-refractivity contribution in [1.82, 2.24) is 5.32 Å². The highest BCUT2D eigenvalue weighted by atomic mass is 16.6. The predicted molar refractivity (Wildman–Crippen MR) is 68.8 cm³/mol. The zero-order valence-electron chi connectivity index (χ0n) is 11.5. The van der Waals surface area contributed by atoms with E-state index in [2.05, 4.69) is 5.32 Å². The van der Waals surface area contributed by atoms with Gasteiger partial charge in [-0.3, -0.25) is 0 Å². The van der Waals surface area contributed by atoms with Gasteiger partial charge in [-0.15, -0.1) is 0 Å². The predicted octanol–water partition coefficient (Wildman–Crippen LogP) is 2.56. The number of alkyl carbamates (subject to hydrolysis) is 1. The molecule has 0 spiro atoms. The van der Waals surface area contributed by atoms with Gasteiger partial charge in [-0.05, 0) is 59.8 Å². The lowest BCUT2D eigenvalue weighted by molar-refractivity contribution is 0.0366. The highest BCUT2D eigenvalue weighted by Gasteiger charge is 2.39. The van der Waals surface area contributed by atoms with Crippen molar-refractivity contribution in [3.05, 3.63) is 0 Å². The van der Waals surface area contributed by atoms with E-state index in [9.17, 15) is 4.79 Å². The topological polar surface area (TPSA) is 64.3 Å². The molecule has 0 aromatic carbocycles. The Balaban J connectivity index is 2.43. The van der Waals surface area contributed by atoms with Crippen LogP contribution in [0, 0.1) is 0 Å². The standard InChI is InChI=1S/C13H26N2O2/c1-10(14)6-9-13(7-5-8-13)15-11(16)17-12(2,3)4/h10H,5-9,14H2,1-4H3,(H,15,16)/t10-/m1/s1. The van der Waals surface area contributed by atoms with Gasteiger partial charge in [0.1, 0.15) is 5.60 Å². The van der Waals surface area contributed by atoms with Crippen LogP contribution < -0.4 is 11.1 Å². The molecule has 0 saturated heterocycles. The van der Waals surface area contributed by atoms with Crippen LogP contribution in [0.2, 0.25) is 0 Å². The minimum Gasteiger partial charge on any atom is -0.444 e. The fraction of sp³-hybridized carbons (Fsp3) is 0.923. The molecule has 0 heterocycles. The fourth-order valence-electron chi connectivity index (χ4n) is 2.07. The minimum absolute atomic E-state index is 0.0596. The lowest BCUT2D eigenvalue weighted by Crippen LogP contribution is -2.55. The molecule has 4 heteroatoms. The summed E-state index contributed by atoms with van der Waals surface area (Å²) in [5.41, 5.74) is 5.27. The van der Waals surface area contributed by atoms with Gasteiger partial charge < -0.3 is 15.8 Å². The maximum Gasteiger partial charge on any atom is 0.408 e. The van der Waals surface area contributed by atoms with Crippen LogP contribution >= 0.6 is 0 Å². The number of hydrogen-bond acceptors (Lipinski definition) is 3. The molecule has 0 radical (unpaired) electrons. The molecule has 1 amide bonds. The van der Waals surface area contributed by atoms with Gasteiger partial charge in [0.05, 0.1) is 0 Å². The number of nitrogens with two attached hydrogens (primary N) is 1. The first kappa shape index (κ1) is 14.3. The average Bonchev–Trinajstić information content (AvgIpc) is 2.05. The zero-order valence-corrected chi connectivity index (χ0v) is 11.5. The Bertz CT molecular complexity index is 265. The molecule has 1 rings (SSSR count). The highest BCUT2D eigenvalue weighted by molar-refractivity contribution is 5.69. The molecule has 0 aromatic heterocycles. The number of amides is 1. The molecule has 1 aliphatic rings. The van der Waals surface area contributed by atoms with E-state index in [1.54, 1.807) is 0 Å². The van der Waals surface area contributed by atoms with Gasteiger partial charge >= 0.3 is 6.09 Å². The van der Waals surface area contributed by atoms with Gasteiger partial charge in [-0.1, -0.05) is 0 Å². The minimum atomic E-state index is -0.434. The van der Waals surface area contributed by atoms with Crippen LogP contribution in [0.1, 0.15) is 59.8 Å². The Morgan fingerprint density at radius 3 is 2.41 bits per heavy atom. The van der Waals surface area contributed by atoms with Crippen LogP contribution in [0.3, 0.4) is 0 Å². The second-order valence-corrected chi connectivity index (χ2v) is 6.28. The summed E-state index contributed by atoms with van der Waals surface area (Å²) in [6.07, 6.45) is 4.84. The molecule has 0 bridgehead atoms. The van der Waals surface area contributed by atoms with Gasteiger partial charge in [0, 0.05) is 11.6 Å². The van der Waals surface area contributed by atoms with Crippen LogP contribution in [0.4, 0.5) is 4.79 Å². The van der Waals surface area contributed by atoms with E-state index in [4.69, 9.17) is 10.5 Å². The molecule has 1 saturated carbocycles. The second kappa shape index (κ2) is 5.25. The van der Waals surface area contributed by atoms with Crippen molar-refractivity contribution in [3.63, 3.8) is 0 Å². The summed E-state index contributed by atoms with van der Waals surface area (Å²) in [5, 5.41) is 3.03. The van der Waals surface area contributed by atoms with Crippen molar-refractivity contribution in [2.75, 3.05) is 0 Å². The van der Waals surface area contributed by atoms with Crippen LogP contribution in [0.15, 0.2) is 0 Å². The van der Waals surface area contributed by atoms with Crippen molar-refractivity contribution in [2.24, 2.45) is 5.73 Å². The van der Waals surface area contributed by atoms with Gasteiger partial charge in [-0.25, -0.2) is 4.79 Å². The summed E-state index contributed by atoms with van der Waals surface area (Å²) in [5.74, 6) is 0. The van der Waals surface area contributed by atoms with E-state index in [-0.39, 0.29) is 17.7 Å². The number of carbonyl (C=O) groups is 1. The van der Waals surface area contributed by atoms with Gasteiger partial charge in [-0.2, -0.15) is 0 Å². The Morgan fingerprint density at radius 1 is 1.47 bits per heavy atom. The lowest BCUT2D eigenvalue weighted by Gasteiger charge is -2.43. The van der Waals surface area contributed by atoms with E-state index in [1.807, 2.05) is 27.7 Å². The van der Waals surface area contributed by atoms with Crippen molar-refractivity contribution < 1.29 is 9.53 Å². The number of rotatable bonds is 4. The third kappa shape index (κ3) is 4.94. The van der Waals surface area contributed by atoms with E-state index in [0.717, 1.165) is 25.7 Å². The van der Waals surface area contributed by atoms with Gasteiger partial charge in [0.25, 0.3) is 0 Å².